The lowest BCUT2D eigenvalue weighted by atomic mass is 10.0. The summed E-state index contributed by atoms with van der Waals surface area (Å²) in [4.78, 5) is 23.5. The van der Waals surface area contributed by atoms with Crippen LogP contribution in [0.2, 0.25) is 0 Å². The molecule has 0 radical (unpaired) electrons. The molecule has 0 aromatic heterocycles. The van der Waals surface area contributed by atoms with Crippen LogP contribution in [0.25, 0.3) is 0 Å². The van der Waals surface area contributed by atoms with Crippen molar-refractivity contribution >= 4 is 11.9 Å². The van der Waals surface area contributed by atoms with Gasteiger partial charge in [0.25, 0.3) is 0 Å². The van der Waals surface area contributed by atoms with Gasteiger partial charge in [-0.1, -0.05) is 199 Å². The van der Waals surface area contributed by atoms with E-state index in [1.54, 1.807) is 0 Å². The molecule has 1 atom stereocenters. The van der Waals surface area contributed by atoms with Crippen LogP contribution in [0.3, 0.4) is 0 Å². The zero-order chi connectivity index (χ0) is 36.4. The number of esters is 1. The van der Waals surface area contributed by atoms with Gasteiger partial charge in [-0.2, -0.15) is 0 Å². The summed E-state index contributed by atoms with van der Waals surface area (Å²) in [7, 11) is 0. The Bertz CT molecular complexity index is 717. The van der Waals surface area contributed by atoms with E-state index in [0.29, 0.717) is 6.42 Å². The molecular formula is C46H88O4. The number of carbonyl (C=O) groups is 2. The molecule has 0 fully saturated rings. The lowest BCUT2D eigenvalue weighted by Gasteiger charge is -2.18. The van der Waals surface area contributed by atoms with Gasteiger partial charge in [0.05, 0.1) is 0 Å². The Labute approximate surface area is 313 Å². The SMILES string of the molecule is CCCCCCCC/C=C\CCCCCCCCCC(=O)OC(CCCCCCCCCCCCCCCCC)CCCCCCCC(=O)O. The van der Waals surface area contributed by atoms with E-state index in [1.807, 2.05) is 0 Å². The number of carboxylic acid groups (broad SMARTS) is 1. The van der Waals surface area contributed by atoms with Crippen molar-refractivity contribution in [3.63, 3.8) is 0 Å². The van der Waals surface area contributed by atoms with Gasteiger partial charge < -0.3 is 9.84 Å². The van der Waals surface area contributed by atoms with Crippen LogP contribution >= 0.6 is 0 Å². The molecule has 0 amide bonds. The second kappa shape index (κ2) is 42.1. The second-order valence-electron chi connectivity index (χ2n) is 15.6. The molecule has 4 heteroatoms. The highest BCUT2D eigenvalue weighted by molar-refractivity contribution is 5.69. The first kappa shape index (κ1) is 48.7. The molecule has 4 nitrogen and oxygen atoms in total. The second-order valence-corrected chi connectivity index (χ2v) is 15.6. The summed E-state index contributed by atoms with van der Waals surface area (Å²) in [5.41, 5.74) is 0. The highest BCUT2D eigenvalue weighted by Gasteiger charge is 2.14. The van der Waals surface area contributed by atoms with Crippen molar-refractivity contribution in [3.8, 4) is 0 Å². The van der Waals surface area contributed by atoms with Crippen LogP contribution < -0.4 is 0 Å². The van der Waals surface area contributed by atoms with Gasteiger partial charge in [0.2, 0.25) is 0 Å². The largest absolute Gasteiger partial charge is 0.481 e. The van der Waals surface area contributed by atoms with Gasteiger partial charge in [0.1, 0.15) is 6.10 Å². The Balaban J connectivity index is 3.97. The average molecular weight is 705 g/mol. The van der Waals surface area contributed by atoms with E-state index in [0.717, 1.165) is 64.2 Å². The smallest absolute Gasteiger partial charge is 0.306 e. The molecule has 0 heterocycles. The Morgan fingerprint density at radius 3 is 1.08 bits per heavy atom. The number of unbranched alkanes of at least 4 members (excludes halogenated alkanes) is 31. The quantitative estimate of drug-likeness (QED) is 0.0390. The van der Waals surface area contributed by atoms with Crippen LogP contribution in [0.4, 0.5) is 0 Å². The third kappa shape index (κ3) is 41.1. The minimum atomic E-state index is -0.697. The Kier molecular flexibility index (Phi) is 41.0. The topological polar surface area (TPSA) is 63.6 Å². The third-order valence-electron chi connectivity index (χ3n) is 10.5. The summed E-state index contributed by atoms with van der Waals surface area (Å²) in [6.45, 7) is 4.57. The fourth-order valence-electron chi connectivity index (χ4n) is 7.12. The van der Waals surface area contributed by atoms with E-state index in [2.05, 4.69) is 26.0 Å². The normalized spacial score (nSPS) is 12.2. The lowest BCUT2D eigenvalue weighted by Crippen LogP contribution is -2.18. The minimum absolute atomic E-state index is 0.00478. The number of carbonyl (C=O) groups excluding carboxylic acids is 1. The zero-order valence-electron chi connectivity index (χ0n) is 34.0. The predicted molar refractivity (Wildman–Crippen MR) is 218 cm³/mol. The van der Waals surface area contributed by atoms with Crippen molar-refractivity contribution in [1.82, 2.24) is 0 Å². The van der Waals surface area contributed by atoms with Gasteiger partial charge >= 0.3 is 11.9 Å². The molecule has 0 aliphatic rings. The molecule has 0 saturated heterocycles. The maximum absolute atomic E-state index is 12.7. The molecule has 50 heavy (non-hydrogen) atoms. The third-order valence-corrected chi connectivity index (χ3v) is 10.5. The van der Waals surface area contributed by atoms with Crippen molar-refractivity contribution in [2.24, 2.45) is 0 Å². The summed E-state index contributed by atoms with van der Waals surface area (Å²) in [5.74, 6) is -0.692. The molecule has 0 aliphatic carbocycles. The molecule has 0 aliphatic heterocycles. The fraction of sp³-hybridized carbons (Fsp3) is 0.913. The molecule has 0 spiro atoms. The average Bonchev–Trinajstić information content (AvgIpc) is 3.10. The van der Waals surface area contributed by atoms with Crippen LogP contribution in [0, 0.1) is 0 Å². The number of carboxylic acids is 1. The molecule has 1 N–H and O–H groups in total. The van der Waals surface area contributed by atoms with Gasteiger partial charge in [-0.05, 0) is 64.2 Å². The van der Waals surface area contributed by atoms with Gasteiger partial charge in [-0.15, -0.1) is 0 Å². The highest BCUT2D eigenvalue weighted by atomic mass is 16.5. The van der Waals surface area contributed by atoms with E-state index < -0.39 is 5.97 Å². The van der Waals surface area contributed by atoms with Crippen molar-refractivity contribution in [2.75, 3.05) is 0 Å². The van der Waals surface area contributed by atoms with Crippen molar-refractivity contribution in [2.45, 2.75) is 270 Å². The summed E-state index contributed by atoms with van der Waals surface area (Å²) in [6.07, 6.45) is 52.4. The number of ether oxygens (including phenoxy) is 1. The van der Waals surface area contributed by atoms with Crippen molar-refractivity contribution in [1.29, 1.82) is 0 Å². The number of hydrogen-bond acceptors (Lipinski definition) is 3. The Morgan fingerprint density at radius 2 is 0.720 bits per heavy atom. The van der Waals surface area contributed by atoms with Crippen LogP contribution in [-0.4, -0.2) is 23.1 Å². The number of hydrogen-bond donors (Lipinski definition) is 1. The Morgan fingerprint density at radius 1 is 0.420 bits per heavy atom. The monoisotopic (exact) mass is 705 g/mol. The van der Waals surface area contributed by atoms with Crippen molar-refractivity contribution < 1.29 is 19.4 Å². The van der Waals surface area contributed by atoms with Crippen LogP contribution in [0.1, 0.15) is 264 Å². The van der Waals surface area contributed by atoms with E-state index in [4.69, 9.17) is 9.84 Å². The highest BCUT2D eigenvalue weighted by Crippen LogP contribution is 2.19. The summed E-state index contributed by atoms with van der Waals surface area (Å²) < 4.78 is 6.03. The van der Waals surface area contributed by atoms with E-state index in [-0.39, 0.29) is 18.5 Å². The van der Waals surface area contributed by atoms with Gasteiger partial charge in [-0.25, -0.2) is 0 Å². The maximum Gasteiger partial charge on any atom is 0.306 e. The number of allylic oxidation sites excluding steroid dienone is 2. The molecule has 0 bridgehead atoms. The predicted octanol–water partition coefficient (Wildman–Crippen LogP) is 15.8. The summed E-state index contributed by atoms with van der Waals surface area (Å²) in [6, 6.07) is 0. The van der Waals surface area contributed by atoms with E-state index in [9.17, 15) is 9.59 Å². The minimum Gasteiger partial charge on any atom is -0.481 e. The summed E-state index contributed by atoms with van der Waals surface area (Å²) >= 11 is 0. The first-order valence-electron chi connectivity index (χ1n) is 22.7. The van der Waals surface area contributed by atoms with E-state index >= 15 is 0 Å². The first-order valence-corrected chi connectivity index (χ1v) is 22.7. The first-order chi connectivity index (χ1) is 24.6. The number of rotatable bonds is 42. The molecule has 0 saturated carbocycles. The molecule has 296 valence electrons. The fourth-order valence-corrected chi connectivity index (χ4v) is 7.12. The van der Waals surface area contributed by atoms with Crippen LogP contribution in [-0.2, 0) is 14.3 Å². The van der Waals surface area contributed by atoms with Gasteiger partial charge in [-0.3, -0.25) is 9.59 Å². The van der Waals surface area contributed by atoms with Gasteiger partial charge in [0, 0.05) is 12.8 Å². The summed E-state index contributed by atoms with van der Waals surface area (Å²) in [5, 5.41) is 8.85. The number of aliphatic carboxylic acids is 1. The molecule has 0 aromatic rings. The van der Waals surface area contributed by atoms with Crippen LogP contribution in [0.15, 0.2) is 12.2 Å². The van der Waals surface area contributed by atoms with E-state index in [1.165, 1.54) is 173 Å². The molecule has 1 unspecified atom stereocenters. The zero-order valence-corrected chi connectivity index (χ0v) is 34.0. The molecular weight excluding hydrogens is 617 g/mol. The standard InChI is InChI=1S/C46H88O4/c1-3-5-7-9-11-13-15-17-19-20-22-24-26-28-30-35-39-43-46(49)50-44(41-37-33-31-34-38-42-45(47)48)40-36-32-29-27-25-23-21-18-16-14-12-10-8-6-4-2/h17,19,44H,3-16,18,20-43H2,1-2H3,(H,47,48)/b19-17-. The molecule has 0 aromatic carbocycles. The van der Waals surface area contributed by atoms with Crippen LogP contribution in [0.5, 0.6) is 0 Å². The lowest BCUT2D eigenvalue weighted by molar-refractivity contribution is -0.150. The van der Waals surface area contributed by atoms with Gasteiger partial charge in [0.15, 0.2) is 0 Å². The maximum atomic E-state index is 12.7. The van der Waals surface area contributed by atoms with Crippen molar-refractivity contribution in [3.05, 3.63) is 12.2 Å². The molecule has 0 rings (SSSR count). The Hall–Kier alpha value is -1.32.